The zero-order valence-corrected chi connectivity index (χ0v) is 14.1. The zero-order chi connectivity index (χ0) is 17.4. The van der Waals surface area contributed by atoms with Crippen molar-refractivity contribution in [3.05, 3.63) is 65.7 Å². The van der Waals surface area contributed by atoms with Crippen LogP contribution in [-0.4, -0.2) is 43.9 Å². The van der Waals surface area contributed by atoms with Gasteiger partial charge in [0.05, 0.1) is 28.9 Å². The molecule has 126 valence electrons. The Morgan fingerprint density at radius 1 is 1.00 bits per heavy atom. The molecule has 0 aromatic heterocycles. The number of aliphatic hydroxyl groups is 1. The Hall–Kier alpha value is -2.20. The van der Waals surface area contributed by atoms with E-state index in [9.17, 15) is 13.5 Å². The van der Waals surface area contributed by atoms with Gasteiger partial charge >= 0.3 is 0 Å². The Labute approximate surface area is 142 Å². The Kier molecular flexibility index (Phi) is 6.50. The molecule has 0 heterocycles. The third-order valence-corrected chi connectivity index (χ3v) is 5.39. The number of nitrogens with zero attached hydrogens (tertiary/aromatic N) is 2. The number of rotatable bonds is 8. The van der Waals surface area contributed by atoms with Gasteiger partial charge in [-0.1, -0.05) is 30.3 Å². The van der Waals surface area contributed by atoms with Crippen LogP contribution in [0.4, 0.5) is 0 Å². The van der Waals surface area contributed by atoms with Crippen molar-refractivity contribution in [3.8, 4) is 6.07 Å². The van der Waals surface area contributed by atoms with Crippen LogP contribution in [0.2, 0.25) is 0 Å². The van der Waals surface area contributed by atoms with E-state index < -0.39 is 9.84 Å². The quantitative estimate of drug-likeness (QED) is 0.790. The summed E-state index contributed by atoms with van der Waals surface area (Å²) in [5.74, 6) is -0.0360. The summed E-state index contributed by atoms with van der Waals surface area (Å²) >= 11 is 0. The highest BCUT2D eigenvalue weighted by molar-refractivity contribution is 7.91. The fourth-order valence-electron chi connectivity index (χ4n) is 2.36. The van der Waals surface area contributed by atoms with Crippen LogP contribution in [-0.2, 0) is 16.4 Å². The Bertz CT molecular complexity index is 781. The van der Waals surface area contributed by atoms with Crippen LogP contribution in [0.1, 0.15) is 11.1 Å². The van der Waals surface area contributed by atoms with Gasteiger partial charge in [0.15, 0.2) is 9.84 Å². The van der Waals surface area contributed by atoms with E-state index in [4.69, 9.17) is 5.26 Å². The number of hydrogen-bond donors (Lipinski definition) is 1. The number of benzene rings is 2. The smallest absolute Gasteiger partial charge is 0.179 e. The number of sulfone groups is 1. The predicted molar refractivity (Wildman–Crippen MR) is 92.0 cm³/mol. The van der Waals surface area contributed by atoms with E-state index in [1.165, 1.54) is 24.3 Å². The average Bonchev–Trinajstić information content (AvgIpc) is 2.61. The molecule has 6 heteroatoms. The maximum absolute atomic E-state index is 12.4. The van der Waals surface area contributed by atoms with Crippen molar-refractivity contribution in [3.63, 3.8) is 0 Å². The van der Waals surface area contributed by atoms with Gasteiger partial charge in [-0.2, -0.15) is 5.26 Å². The molecule has 0 amide bonds. The molecule has 0 fully saturated rings. The molecule has 0 saturated heterocycles. The standard InChI is InChI=1S/C18H20N2O3S/c19-14-16-6-8-18(9-7-16)24(22,23)13-11-20(10-12-21)15-17-4-2-1-3-5-17/h1-9,21H,10-13,15H2. The highest BCUT2D eigenvalue weighted by Crippen LogP contribution is 2.13. The minimum absolute atomic E-state index is 0.0241. The molecule has 2 aromatic carbocycles. The second kappa shape index (κ2) is 8.60. The van der Waals surface area contributed by atoms with Crippen LogP contribution >= 0.6 is 0 Å². The van der Waals surface area contributed by atoms with E-state index in [1.54, 1.807) is 0 Å². The van der Waals surface area contributed by atoms with Crippen LogP contribution in [0.25, 0.3) is 0 Å². The predicted octanol–water partition coefficient (Wildman–Crippen LogP) is 1.83. The van der Waals surface area contributed by atoms with E-state index in [2.05, 4.69) is 0 Å². The van der Waals surface area contributed by atoms with Crippen molar-refractivity contribution in [1.29, 1.82) is 5.26 Å². The van der Waals surface area contributed by atoms with E-state index in [0.29, 0.717) is 25.2 Å². The van der Waals surface area contributed by atoms with Crippen molar-refractivity contribution in [2.45, 2.75) is 11.4 Å². The molecule has 0 saturated carbocycles. The third kappa shape index (κ3) is 5.17. The topological polar surface area (TPSA) is 81.4 Å². The molecule has 0 aliphatic carbocycles. The van der Waals surface area contributed by atoms with E-state index in [1.807, 2.05) is 41.3 Å². The zero-order valence-electron chi connectivity index (χ0n) is 13.3. The highest BCUT2D eigenvalue weighted by Gasteiger charge is 2.16. The Morgan fingerprint density at radius 3 is 2.25 bits per heavy atom. The van der Waals surface area contributed by atoms with Gasteiger partial charge in [0, 0.05) is 19.6 Å². The number of nitriles is 1. The van der Waals surface area contributed by atoms with Crippen LogP contribution in [0.3, 0.4) is 0 Å². The van der Waals surface area contributed by atoms with Crippen molar-refractivity contribution >= 4 is 9.84 Å². The summed E-state index contributed by atoms with van der Waals surface area (Å²) in [6, 6.07) is 17.6. The highest BCUT2D eigenvalue weighted by atomic mass is 32.2. The number of aliphatic hydroxyl groups excluding tert-OH is 1. The molecule has 2 rings (SSSR count). The van der Waals surface area contributed by atoms with Gasteiger partial charge < -0.3 is 5.11 Å². The fourth-order valence-corrected chi connectivity index (χ4v) is 3.64. The lowest BCUT2D eigenvalue weighted by molar-refractivity contribution is 0.197. The van der Waals surface area contributed by atoms with E-state index >= 15 is 0 Å². The van der Waals surface area contributed by atoms with Crippen LogP contribution in [0.5, 0.6) is 0 Å². The summed E-state index contributed by atoms with van der Waals surface area (Å²) in [7, 11) is -3.42. The van der Waals surface area contributed by atoms with Crippen molar-refractivity contribution in [2.24, 2.45) is 0 Å². The first kappa shape index (κ1) is 18.1. The van der Waals surface area contributed by atoms with Gasteiger partial charge in [0.25, 0.3) is 0 Å². The molecule has 0 atom stereocenters. The summed E-state index contributed by atoms with van der Waals surface area (Å²) in [6.07, 6.45) is 0. The first-order valence-corrected chi connectivity index (χ1v) is 9.30. The molecule has 0 spiro atoms. The Morgan fingerprint density at radius 2 is 1.67 bits per heavy atom. The average molecular weight is 344 g/mol. The van der Waals surface area contributed by atoms with Crippen LogP contribution in [0, 0.1) is 11.3 Å². The van der Waals surface area contributed by atoms with Gasteiger partial charge in [-0.25, -0.2) is 8.42 Å². The van der Waals surface area contributed by atoms with Gasteiger partial charge in [-0.15, -0.1) is 0 Å². The third-order valence-electron chi connectivity index (χ3n) is 3.68. The Balaban J connectivity index is 2.03. The van der Waals surface area contributed by atoms with Crippen molar-refractivity contribution in [2.75, 3.05) is 25.4 Å². The molecule has 0 aliphatic rings. The minimum Gasteiger partial charge on any atom is -0.395 e. The van der Waals surface area contributed by atoms with Gasteiger partial charge in [-0.3, -0.25) is 4.90 Å². The monoisotopic (exact) mass is 344 g/mol. The van der Waals surface area contributed by atoms with Crippen molar-refractivity contribution in [1.82, 2.24) is 4.90 Å². The normalized spacial score (nSPS) is 11.4. The lowest BCUT2D eigenvalue weighted by Crippen LogP contribution is -2.31. The van der Waals surface area contributed by atoms with E-state index in [0.717, 1.165) is 5.56 Å². The minimum atomic E-state index is -3.42. The van der Waals surface area contributed by atoms with Crippen LogP contribution < -0.4 is 0 Å². The van der Waals surface area contributed by atoms with Crippen molar-refractivity contribution < 1.29 is 13.5 Å². The molecular weight excluding hydrogens is 324 g/mol. The van der Waals surface area contributed by atoms with Gasteiger partial charge in [-0.05, 0) is 29.8 Å². The molecule has 0 radical (unpaired) electrons. The van der Waals surface area contributed by atoms with Gasteiger partial charge in [0.2, 0.25) is 0 Å². The molecule has 0 unspecified atom stereocenters. The lowest BCUT2D eigenvalue weighted by Gasteiger charge is -2.21. The summed E-state index contributed by atoms with van der Waals surface area (Å²) in [4.78, 5) is 2.13. The largest absolute Gasteiger partial charge is 0.395 e. The summed E-state index contributed by atoms with van der Waals surface area (Å²) in [5.41, 5.74) is 1.50. The molecule has 5 nitrogen and oxygen atoms in total. The summed E-state index contributed by atoms with van der Waals surface area (Å²) in [5, 5.41) is 18.0. The molecule has 1 N–H and O–H groups in total. The second-order valence-corrected chi connectivity index (χ2v) is 7.55. The second-order valence-electron chi connectivity index (χ2n) is 5.44. The van der Waals surface area contributed by atoms with Gasteiger partial charge in [0.1, 0.15) is 0 Å². The maximum atomic E-state index is 12.4. The summed E-state index contributed by atoms with van der Waals surface area (Å²) < 4.78 is 24.8. The first-order valence-electron chi connectivity index (χ1n) is 7.65. The molecule has 0 bridgehead atoms. The first-order chi connectivity index (χ1) is 11.5. The molecule has 24 heavy (non-hydrogen) atoms. The SMILES string of the molecule is N#Cc1ccc(S(=O)(=O)CCN(CCO)Cc2ccccc2)cc1. The molecular formula is C18H20N2O3S. The lowest BCUT2D eigenvalue weighted by atomic mass is 10.2. The fraction of sp³-hybridized carbons (Fsp3) is 0.278. The summed E-state index contributed by atoms with van der Waals surface area (Å²) in [6.45, 7) is 1.31. The molecule has 0 aliphatic heterocycles. The van der Waals surface area contributed by atoms with Crippen LogP contribution in [0.15, 0.2) is 59.5 Å². The maximum Gasteiger partial charge on any atom is 0.179 e. The molecule has 2 aromatic rings. The van der Waals surface area contributed by atoms with E-state index in [-0.39, 0.29) is 17.3 Å². The number of hydrogen-bond acceptors (Lipinski definition) is 5.